The zero-order valence-corrected chi connectivity index (χ0v) is 14.2. The van der Waals surface area contributed by atoms with E-state index in [1.165, 1.54) is 37.7 Å². The van der Waals surface area contributed by atoms with Crippen LogP contribution in [0.1, 0.15) is 48.0 Å². The molecule has 0 aromatic carbocycles. The number of carbonyl (C=O) groups excluding carboxylic acids is 1. The largest absolute Gasteiger partial charge is 0.487 e. The van der Waals surface area contributed by atoms with Gasteiger partial charge in [0.1, 0.15) is 10.6 Å². The Kier molecular flexibility index (Phi) is 3.24. The smallest absolute Gasteiger partial charge is 0.339 e. The van der Waals surface area contributed by atoms with Crippen molar-refractivity contribution < 1.29 is 19.4 Å². The minimum Gasteiger partial charge on any atom is -0.487 e. The van der Waals surface area contributed by atoms with E-state index in [1.54, 1.807) is 6.92 Å². The standard InChI is InChI=1S/C17H21NO4S/c1-8-12(14(19)20)13(23-15(8)22-2)18-16(21)17-6-9-3-10(7-17)5-11(17)4-9/h9-11H,3-7H2,1-2H3,(H,18,21)(H,19,20). The van der Waals surface area contributed by atoms with Crippen molar-refractivity contribution in [3.8, 4) is 5.06 Å². The molecule has 0 spiro atoms. The molecule has 5 rings (SSSR count). The molecule has 4 bridgehead atoms. The van der Waals surface area contributed by atoms with Crippen LogP contribution in [-0.2, 0) is 4.79 Å². The molecular weight excluding hydrogens is 314 g/mol. The van der Waals surface area contributed by atoms with E-state index in [-0.39, 0.29) is 16.9 Å². The summed E-state index contributed by atoms with van der Waals surface area (Å²) in [5.41, 5.74) is 0.485. The Labute approximate surface area is 139 Å². The number of rotatable bonds is 4. The number of amides is 1. The van der Waals surface area contributed by atoms with Gasteiger partial charge in [-0.1, -0.05) is 11.3 Å². The molecule has 5 nitrogen and oxygen atoms in total. The summed E-state index contributed by atoms with van der Waals surface area (Å²) < 4.78 is 5.24. The highest BCUT2D eigenvalue weighted by Crippen LogP contribution is 2.65. The Morgan fingerprint density at radius 3 is 2.48 bits per heavy atom. The summed E-state index contributed by atoms with van der Waals surface area (Å²) in [6.07, 6.45) is 5.57. The third-order valence-corrected chi connectivity index (χ3v) is 7.34. The average Bonchev–Trinajstić information content (AvgIpc) is 3.03. The van der Waals surface area contributed by atoms with Gasteiger partial charge in [0.2, 0.25) is 5.91 Å². The van der Waals surface area contributed by atoms with Crippen LogP contribution < -0.4 is 10.1 Å². The van der Waals surface area contributed by atoms with Crippen LogP contribution in [0.15, 0.2) is 0 Å². The lowest BCUT2D eigenvalue weighted by atomic mass is 9.75. The van der Waals surface area contributed by atoms with E-state index >= 15 is 0 Å². The lowest BCUT2D eigenvalue weighted by Gasteiger charge is -2.31. The van der Waals surface area contributed by atoms with E-state index in [4.69, 9.17) is 4.74 Å². The SMILES string of the molecule is COc1sc(NC(=O)C23CC4CC(CC2C4)C3)c(C(=O)O)c1C. The van der Waals surface area contributed by atoms with Crippen molar-refractivity contribution in [1.29, 1.82) is 0 Å². The van der Waals surface area contributed by atoms with E-state index in [0.29, 0.717) is 33.4 Å². The van der Waals surface area contributed by atoms with Gasteiger partial charge in [-0.2, -0.15) is 0 Å². The van der Waals surface area contributed by atoms with Crippen LogP contribution in [0.3, 0.4) is 0 Å². The lowest BCUT2D eigenvalue weighted by Crippen LogP contribution is -2.37. The minimum atomic E-state index is -1.02. The molecule has 124 valence electrons. The van der Waals surface area contributed by atoms with Gasteiger partial charge in [0, 0.05) is 5.56 Å². The molecule has 0 radical (unpaired) electrons. The zero-order chi connectivity index (χ0) is 16.4. The number of nitrogens with one attached hydrogen (secondary N) is 1. The van der Waals surface area contributed by atoms with Gasteiger partial charge >= 0.3 is 5.97 Å². The van der Waals surface area contributed by atoms with Gasteiger partial charge in [-0.3, -0.25) is 4.79 Å². The Bertz CT molecular complexity index is 681. The van der Waals surface area contributed by atoms with E-state index < -0.39 is 5.97 Å². The fourth-order valence-corrected chi connectivity index (χ4v) is 6.44. The van der Waals surface area contributed by atoms with Crippen LogP contribution in [0.25, 0.3) is 0 Å². The first-order valence-electron chi connectivity index (χ1n) is 8.16. The van der Waals surface area contributed by atoms with Crippen LogP contribution in [0, 0.1) is 30.1 Å². The van der Waals surface area contributed by atoms with Gasteiger partial charge in [0.05, 0.1) is 12.5 Å². The van der Waals surface area contributed by atoms with E-state index in [1.807, 2.05) is 0 Å². The van der Waals surface area contributed by atoms with Gasteiger partial charge in [-0.15, -0.1) is 0 Å². The first-order chi connectivity index (χ1) is 10.9. The Hall–Kier alpha value is -1.56. The highest BCUT2D eigenvalue weighted by Gasteiger charge is 2.61. The number of thiophene rings is 1. The van der Waals surface area contributed by atoms with Crippen molar-refractivity contribution in [2.24, 2.45) is 23.2 Å². The summed E-state index contributed by atoms with van der Waals surface area (Å²) in [4.78, 5) is 24.6. The fourth-order valence-electron chi connectivity index (χ4n) is 5.43. The predicted octanol–water partition coefficient (Wildman–Crippen LogP) is 3.53. The molecule has 23 heavy (non-hydrogen) atoms. The fraction of sp³-hybridized carbons (Fsp3) is 0.647. The maximum absolute atomic E-state index is 13.0. The zero-order valence-electron chi connectivity index (χ0n) is 13.3. The summed E-state index contributed by atoms with van der Waals surface area (Å²) in [5, 5.41) is 13.4. The molecular formula is C17H21NO4S. The first-order valence-corrected chi connectivity index (χ1v) is 8.98. The van der Waals surface area contributed by atoms with Gasteiger partial charge in [0.15, 0.2) is 5.06 Å². The second kappa shape index (κ2) is 4.97. The Morgan fingerprint density at radius 1 is 1.26 bits per heavy atom. The molecule has 2 atom stereocenters. The summed E-state index contributed by atoms with van der Waals surface area (Å²) in [5.74, 6) is 0.877. The van der Waals surface area contributed by atoms with Gasteiger partial charge in [-0.25, -0.2) is 4.79 Å². The maximum atomic E-state index is 13.0. The normalized spacial score (nSPS) is 33.9. The highest BCUT2D eigenvalue weighted by molar-refractivity contribution is 7.18. The molecule has 1 aromatic rings. The molecule has 1 heterocycles. The van der Waals surface area contributed by atoms with Crippen molar-refractivity contribution in [2.45, 2.75) is 39.0 Å². The molecule has 1 amide bonds. The average molecular weight is 335 g/mol. The third-order valence-electron chi connectivity index (χ3n) is 6.17. The van der Waals surface area contributed by atoms with Crippen LogP contribution >= 0.6 is 11.3 Å². The Morgan fingerprint density at radius 2 is 1.91 bits per heavy atom. The molecule has 6 heteroatoms. The van der Waals surface area contributed by atoms with Crippen molar-refractivity contribution in [3.63, 3.8) is 0 Å². The van der Waals surface area contributed by atoms with E-state index in [0.717, 1.165) is 12.8 Å². The minimum absolute atomic E-state index is 0.0265. The van der Waals surface area contributed by atoms with E-state index in [9.17, 15) is 14.7 Å². The number of hydrogen-bond acceptors (Lipinski definition) is 4. The summed E-state index contributed by atoms with van der Waals surface area (Å²) in [6, 6.07) is 0. The van der Waals surface area contributed by atoms with Crippen LogP contribution in [-0.4, -0.2) is 24.1 Å². The summed E-state index contributed by atoms with van der Waals surface area (Å²) in [6.45, 7) is 1.72. The van der Waals surface area contributed by atoms with Crippen molar-refractivity contribution >= 4 is 28.2 Å². The van der Waals surface area contributed by atoms with Crippen molar-refractivity contribution in [3.05, 3.63) is 11.1 Å². The van der Waals surface area contributed by atoms with Crippen molar-refractivity contribution in [1.82, 2.24) is 0 Å². The number of methoxy groups -OCH3 is 1. The maximum Gasteiger partial charge on any atom is 0.339 e. The second-order valence-corrected chi connectivity index (χ2v) is 8.37. The molecule has 1 aromatic heterocycles. The topological polar surface area (TPSA) is 75.6 Å². The van der Waals surface area contributed by atoms with E-state index in [2.05, 4.69) is 5.32 Å². The molecule has 4 aliphatic carbocycles. The number of aromatic carboxylic acids is 1. The van der Waals surface area contributed by atoms with Crippen LogP contribution in [0.2, 0.25) is 0 Å². The molecule has 0 aliphatic heterocycles. The predicted molar refractivity (Wildman–Crippen MR) is 87.2 cm³/mol. The molecule has 4 saturated carbocycles. The number of hydrogen-bond donors (Lipinski definition) is 2. The van der Waals surface area contributed by atoms with Crippen LogP contribution in [0.5, 0.6) is 5.06 Å². The Balaban J connectivity index is 1.64. The molecule has 4 fully saturated rings. The molecule has 2 unspecified atom stereocenters. The molecule has 0 saturated heterocycles. The number of carboxylic acids is 1. The highest BCUT2D eigenvalue weighted by atomic mass is 32.1. The number of anilines is 1. The second-order valence-electron chi connectivity index (χ2n) is 7.38. The van der Waals surface area contributed by atoms with Gasteiger partial charge < -0.3 is 15.2 Å². The number of carboxylic acid groups (broad SMARTS) is 1. The quantitative estimate of drug-likeness (QED) is 0.882. The first kappa shape index (κ1) is 15.0. The number of carbonyl (C=O) groups is 2. The summed E-state index contributed by atoms with van der Waals surface area (Å²) in [7, 11) is 1.52. The van der Waals surface area contributed by atoms with Gasteiger partial charge in [0.25, 0.3) is 0 Å². The van der Waals surface area contributed by atoms with Crippen LogP contribution in [0.4, 0.5) is 5.00 Å². The van der Waals surface area contributed by atoms with Crippen molar-refractivity contribution in [2.75, 3.05) is 12.4 Å². The molecule has 2 N–H and O–H groups in total. The third kappa shape index (κ3) is 2.04. The lowest BCUT2D eigenvalue weighted by molar-refractivity contribution is -0.127. The van der Waals surface area contributed by atoms with Gasteiger partial charge in [-0.05, 0) is 56.8 Å². The molecule has 4 aliphatic rings. The monoisotopic (exact) mass is 335 g/mol. The summed E-state index contributed by atoms with van der Waals surface area (Å²) >= 11 is 1.21. The number of ether oxygens (including phenoxy) is 1.